The normalized spacial score (nSPS) is 12.2. The van der Waals surface area contributed by atoms with E-state index in [1.54, 1.807) is 0 Å². The number of hydrogen-bond donors (Lipinski definition) is 0. The molecule has 0 saturated carbocycles. The van der Waals surface area contributed by atoms with E-state index in [1.165, 1.54) is 43.9 Å². The predicted molar refractivity (Wildman–Crippen MR) is 187 cm³/mol. The number of benzene rings is 4. The summed E-state index contributed by atoms with van der Waals surface area (Å²) < 4.78 is 11.0. The smallest absolute Gasteiger partial charge is 0.147 e. The first-order chi connectivity index (χ1) is 22.5. The van der Waals surface area contributed by atoms with Crippen molar-refractivity contribution >= 4 is 65.7 Å². The average Bonchev–Trinajstić information content (AvgIpc) is 3.74. The fourth-order valence-electron chi connectivity index (χ4n) is 7.71. The van der Waals surface area contributed by atoms with E-state index in [0.29, 0.717) is 0 Å². The number of nitrogens with zero attached hydrogens (tertiary/aromatic N) is 5. The SMILES string of the molecule is Cc1cc(C)c(-c2cn3c4ncccc4c4ccc(Oc5ccc6c7cccc8c9cccnc9n(c6c5)c78)cc4c3n2)c(C)c1. The molecule has 6 heteroatoms. The number of para-hydroxylation sites is 1. The number of imidazole rings is 1. The topological polar surface area (TPSA) is 56.7 Å². The van der Waals surface area contributed by atoms with Gasteiger partial charge in [0, 0.05) is 62.5 Å². The van der Waals surface area contributed by atoms with Crippen LogP contribution in [0.15, 0.2) is 110 Å². The molecular weight excluding hydrogens is 566 g/mol. The molecule has 46 heavy (non-hydrogen) atoms. The highest BCUT2D eigenvalue weighted by atomic mass is 16.5. The Labute approximate surface area is 263 Å². The molecule has 0 bridgehead atoms. The summed E-state index contributed by atoms with van der Waals surface area (Å²) >= 11 is 0. The van der Waals surface area contributed by atoms with Crippen molar-refractivity contribution in [2.24, 2.45) is 0 Å². The van der Waals surface area contributed by atoms with E-state index in [-0.39, 0.29) is 0 Å². The number of pyridine rings is 3. The largest absolute Gasteiger partial charge is 0.457 e. The summed E-state index contributed by atoms with van der Waals surface area (Å²) in [5.41, 5.74) is 10.8. The van der Waals surface area contributed by atoms with Crippen LogP contribution in [0.4, 0.5) is 0 Å². The third-order valence-corrected chi connectivity index (χ3v) is 9.46. The van der Waals surface area contributed by atoms with Crippen molar-refractivity contribution in [3.05, 3.63) is 126 Å². The molecule has 0 saturated heterocycles. The molecule has 0 atom stereocenters. The number of aromatic nitrogens is 5. The van der Waals surface area contributed by atoms with E-state index in [4.69, 9.17) is 19.7 Å². The molecule has 10 rings (SSSR count). The van der Waals surface area contributed by atoms with Gasteiger partial charge in [-0.1, -0.05) is 35.9 Å². The van der Waals surface area contributed by atoms with Crippen molar-refractivity contribution in [2.45, 2.75) is 20.8 Å². The van der Waals surface area contributed by atoms with Crippen molar-refractivity contribution in [3.8, 4) is 22.8 Å². The minimum Gasteiger partial charge on any atom is -0.457 e. The van der Waals surface area contributed by atoms with Gasteiger partial charge in [-0.2, -0.15) is 0 Å². The molecule has 6 aromatic heterocycles. The van der Waals surface area contributed by atoms with Gasteiger partial charge in [-0.15, -0.1) is 0 Å². The van der Waals surface area contributed by atoms with Gasteiger partial charge in [0.15, 0.2) is 0 Å². The lowest BCUT2D eigenvalue weighted by Gasteiger charge is -2.10. The summed E-state index contributed by atoms with van der Waals surface area (Å²) in [6, 6.07) is 31.8. The molecule has 4 aromatic carbocycles. The van der Waals surface area contributed by atoms with Crippen LogP contribution in [0.3, 0.4) is 0 Å². The lowest BCUT2D eigenvalue weighted by molar-refractivity contribution is 0.484. The average molecular weight is 594 g/mol. The van der Waals surface area contributed by atoms with Crippen molar-refractivity contribution in [2.75, 3.05) is 0 Å². The summed E-state index contributed by atoms with van der Waals surface area (Å²) in [6.07, 6.45) is 5.83. The maximum absolute atomic E-state index is 6.61. The maximum atomic E-state index is 6.61. The van der Waals surface area contributed by atoms with Gasteiger partial charge >= 0.3 is 0 Å². The molecule has 0 aliphatic rings. The molecule has 0 unspecified atom stereocenters. The highest BCUT2D eigenvalue weighted by Crippen LogP contribution is 2.40. The van der Waals surface area contributed by atoms with Gasteiger partial charge in [0.25, 0.3) is 0 Å². The minimum atomic E-state index is 0.751. The first kappa shape index (κ1) is 25.3. The molecule has 6 heterocycles. The van der Waals surface area contributed by atoms with Gasteiger partial charge in [-0.05, 0) is 91.9 Å². The molecule has 0 radical (unpaired) electrons. The maximum Gasteiger partial charge on any atom is 0.147 e. The van der Waals surface area contributed by atoms with Crippen molar-refractivity contribution in [3.63, 3.8) is 0 Å². The van der Waals surface area contributed by atoms with Crippen LogP contribution in [0.25, 0.3) is 76.9 Å². The fourth-order valence-corrected chi connectivity index (χ4v) is 7.71. The van der Waals surface area contributed by atoms with Gasteiger partial charge in [0.2, 0.25) is 0 Å². The zero-order valence-corrected chi connectivity index (χ0v) is 25.5. The Bertz CT molecular complexity index is 2850. The molecule has 0 spiro atoms. The lowest BCUT2D eigenvalue weighted by atomic mass is 9.98. The molecule has 0 aliphatic carbocycles. The van der Waals surface area contributed by atoms with Gasteiger partial charge in [0.05, 0.1) is 16.7 Å². The number of hydrogen-bond acceptors (Lipinski definition) is 4. The second-order valence-corrected chi connectivity index (χ2v) is 12.4. The Balaban J connectivity index is 1.16. The lowest BCUT2D eigenvalue weighted by Crippen LogP contribution is -1.93. The molecule has 10 aromatic rings. The summed E-state index contributed by atoms with van der Waals surface area (Å²) in [6.45, 7) is 6.46. The Morgan fingerprint density at radius 3 is 2.00 bits per heavy atom. The first-order valence-electron chi connectivity index (χ1n) is 15.5. The van der Waals surface area contributed by atoms with Gasteiger partial charge in [-0.3, -0.25) is 8.80 Å². The Morgan fingerprint density at radius 2 is 1.22 bits per heavy atom. The van der Waals surface area contributed by atoms with Crippen LogP contribution in [0.5, 0.6) is 11.5 Å². The van der Waals surface area contributed by atoms with Crippen molar-refractivity contribution < 1.29 is 4.74 Å². The molecule has 6 nitrogen and oxygen atoms in total. The Hall–Kier alpha value is -6.01. The molecule has 0 N–H and O–H groups in total. The second kappa shape index (κ2) is 9.02. The molecule has 0 aliphatic heterocycles. The number of fused-ring (bicyclic) bond motifs is 12. The fraction of sp³-hybridized carbons (Fsp3) is 0.0750. The molecule has 0 fully saturated rings. The quantitative estimate of drug-likeness (QED) is 0.191. The van der Waals surface area contributed by atoms with Crippen LogP contribution in [-0.4, -0.2) is 23.8 Å². The van der Waals surface area contributed by atoms with Crippen LogP contribution in [0.1, 0.15) is 16.7 Å². The van der Waals surface area contributed by atoms with Crippen LogP contribution in [0, 0.1) is 20.8 Å². The predicted octanol–water partition coefficient (Wildman–Crippen LogP) is 9.97. The van der Waals surface area contributed by atoms with Crippen molar-refractivity contribution in [1.29, 1.82) is 0 Å². The van der Waals surface area contributed by atoms with E-state index in [9.17, 15) is 0 Å². The highest BCUT2D eigenvalue weighted by Gasteiger charge is 2.19. The van der Waals surface area contributed by atoms with Gasteiger partial charge in [-0.25, -0.2) is 15.0 Å². The molecule has 218 valence electrons. The molecule has 0 amide bonds. The summed E-state index contributed by atoms with van der Waals surface area (Å²) in [7, 11) is 0. The number of ether oxygens (including phenoxy) is 1. The second-order valence-electron chi connectivity index (χ2n) is 12.4. The summed E-state index contributed by atoms with van der Waals surface area (Å²) in [5.74, 6) is 1.52. The summed E-state index contributed by atoms with van der Waals surface area (Å²) in [4.78, 5) is 14.8. The van der Waals surface area contributed by atoms with E-state index >= 15 is 0 Å². The minimum absolute atomic E-state index is 0.751. The van der Waals surface area contributed by atoms with Crippen molar-refractivity contribution in [1.82, 2.24) is 23.8 Å². The highest BCUT2D eigenvalue weighted by molar-refractivity contribution is 6.22. The van der Waals surface area contributed by atoms with Crippen LogP contribution < -0.4 is 4.74 Å². The van der Waals surface area contributed by atoms with E-state index in [0.717, 1.165) is 61.2 Å². The zero-order valence-electron chi connectivity index (χ0n) is 25.5. The number of aryl methyl sites for hydroxylation is 3. The van der Waals surface area contributed by atoms with E-state index < -0.39 is 0 Å². The van der Waals surface area contributed by atoms with Crippen LogP contribution >= 0.6 is 0 Å². The third kappa shape index (κ3) is 3.38. The van der Waals surface area contributed by atoms with Gasteiger partial charge < -0.3 is 4.74 Å². The standard InChI is InChI=1S/C40H27N5O/c1-22-17-23(2)36(24(3)18-22)34-21-44-38-31(9-5-15-41-38)27-13-11-25(19-33(27)40(44)43-34)46-26-12-14-28-29-7-4-8-30-32-10-6-16-42-39(32)45(37(29)30)35(28)20-26/h4-21H,1-3H3. The van der Waals surface area contributed by atoms with E-state index in [2.05, 4.69) is 109 Å². The third-order valence-electron chi connectivity index (χ3n) is 9.46. The first-order valence-corrected chi connectivity index (χ1v) is 15.5. The van der Waals surface area contributed by atoms with E-state index in [1.807, 2.05) is 30.6 Å². The molecular formula is C40H27N5O. The monoisotopic (exact) mass is 593 g/mol. The zero-order chi connectivity index (χ0) is 30.7. The van der Waals surface area contributed by atoms with Crippen LogP contribution in [-0.2, 0) is 0 Å². The van der Waals surface area contributed by atoms with Crippen LogP contribution in [0.2, 0.25) is 0 Å². The van der Waals surface area contributed by atoms with Gasteiger partial charge in [0.1, 0.15) is 28.4 Å². The Morgan fingerprint density at radius 1 is 0.565 bits per heavy atom. The number of rotatable bonds is 3. The Kier molecular flexibility index (Phi) is 4.97. The summed E-state index contributed by atoms with van der Waals surface area (Å²) in [5, 5.41) is 7.97.